The van der Waals surface area contributed by atoms with Crippen LogP contribution in [-0.2, 0) is 6.42 Å². The van der Waals surface area contributed by atoms with Crippen LogP contribution in [0.1, 0.15) is 26.3 Å². The molecule has 0 aliphatic carbocycles. The fourth-order valence-corrected chi connectivity index (χ4v) is 1.32. The molecule has 0 amide bonds. The first kappa shape index (κ1) is 13.4. The largest absolute Gasteiger partial charge is 0.481 e. The summed E-state index contributed by atoms with van der Waals surface area (Å²) in [5, 5.41) is 20.2. The molecule has 0 bridgehead atoms. The maximum atomic E-state index is 10.9. The van der Waals surface area contributed by atoms with Crippen LogP contribution in [0.2, 0.25) is 0 Å². The van der Waals surface area contributed by atoms with Gasteiger partial charge in [-0.2, -0.15) is 0 Å². The number of hydrogen-bond donors (Lipinski definition) is 1. The molecule has 0 saturated carbocycles. The molecule has 1 rings (SSSR count). The zero-order valence-corrected chi connectivity index (χ0v) is 10.2. The number of nitrogens with zero attached hydrogens (tertiary/aromatic N) is 1. The van der Waals surface area contributed by atoms with Gasteiger partial charge in [0.25, 0.3) is 0 Å². The van der Waals surface area contributed by atoms with E-state index < -0.39 is 17.1 Å². The fraction of sp³-hybridized carbons (Fsp3) is 0.500. The van der Waals surface area contributed by atoms with Crippen molar-refractivity contribution in [1.82, 2.24) is 0 Å². The van der Waals surface area contributed by atoms with Gasteiger partial charge in [0.15, 0.2) is 5.75 Å². The molecule has 17 heavy (non-hydrogen) atoms. The van der Waals surface area contributed by atoms with E-state index in [0.29, 0.717) is 0 Å². The molecule has 5 nitrogen and oxygen atoms in total. The summed E-state index contributed by atoms with van der Waals surface area (Å²) in [5.41, 5.74) is 0.825. The van der Waals surface area contributed by atoms with Gasteiger partial charge >= 0.3 is 5.69 Å². The van der Waals surface area contributed by atoms with Crippen LogP contribution in [0, 0.1) is 10.1 Å². The van der Waals surface area contributed by atoms with Gasteiger partial charge in [-0.25, -0.2) is 0 Å². The van der Waals surface area contributed by atoms with Gasteiger partial charge in [-0.05, 0) is 31.9 Å². The van der Waals surface area contributed by atoms with Crippen LogP contribution in [0.3, 0.4) is 0 Å². The van der Waals surface area contributed by atoms with E-state index in [2.05, 4.69) is 0 Å². The second-order valence-corrected chi connectivity index (χ2v) is 3.98. The maximum Gasteiger partial charge on any atom is 0.311 e. The summed E-state index contributed by atoms with van der Waals surface area (Å²) in [6, 6.07) is 4.87. The van der Waals surface area contributed by atoms with Crippen molar-refractivity contribution in [2.24, 2.45) is 0 Å². The van der Waals surface area contributed by atoms with Crippen molar-refractivity contribution in [3.05, 3.63) is 33.9 Å². The van der Waals surface area contributed by atoms with Gasteiger partial charge in [0, 0.05) is 6.07 Å². The Kier molecular flexibility index (Phi) is 4.45. The predicted octanol–water partition coefficient (Wildman–Crippen LogP) is 2.31. The van der Waals surface area contributed by atoms with Crippen LogP contribution in [0.5, 0.6) is 5.75 Å². The smallest absolute Gasteiger partial charge is 0.311 e. The van der Waals surface area contributed by atoms with E-state index in [4.69, 9.17) is 4.74 Å². The zero-order chi connectivity index (χ0) is 13.0. The van der Waals surface area contributed by atoms with Gasteiger partial charge in [0.05, 0.1) is 11.0 Å². The third kappa shape index (κ3) is 3.42. The molecule has 1 N–H and O–H groups in total. The summed E-state index contributed by atoms with van der Waals surface area (Å²) in [7, 11) is 0. The lowest BCUT2D eigenvalue weighted by atomic mass is 10.1. The van der Waals surface area contributed by atoms with Crippen molar-refractivity contribution in [3.63, 3.8) is 0 Å². The Labute approximate surface area is 100 Å². The molecule has 1 aromatic carbocycles. The van der Waals surface area contributed by atoms with E-state index in [1.807, 2.05) is 6.92 Å². The SMILES string of the molecule is CCc1ccc(OC(C)C(C)O)c([N+](=O)[O-])c1. The lowest BCUT2D eigenvalue weighted by Gasteiger charge is -2.17. The predicted molar refractivity (Wildman–Crippen MR) is 64.2 cm³/mol. The van der Waals surface area contributed by atoms with Crippen LogP contribution in [0.25, 0.3) is 0 Å². The number of hydrogen-bond acceptors (Lipinski definition) is 4. The molecule has 0 radical (unpaired) electrons. The molecule has 0 spiro atoms. The van der Waals surface area contributed by atoms with Crippen LogP contribution < -0.4 is 4.74 Å². The first-order valence-electron chi connectivity index (χ1n) is 5.57. The highest BCUT2D eigenvalue weighted by molar-refractivity contribution is 5.48. The van der Waals surface area contributed by atoms with Crippen molar-refractivity contribution < 1.29 is 14.8 Å². The van der Waals surface area contributed by atoms with E-state index in [9.17, 15) is 15.2 Å². The van der Waals surface area contributed by atoms with E-state index in [0.717, 1.165) is 12.0 Å². The first-order chi connectivity index (χ1) is 7.95. The second-order valence-electron chi connectivity index (χ2n) is 3.98. The molecule has 0 aliphatic rings. The number of aliphatic hydroxyl groups excluding tert-OH is 1. The van der Waals surface area contributed by atoms with E-state index in [-0.39, 0.29) is 11.4 Å². The van der Waals surface area contributed by atoms with Crippen LogP contribution in [-0.4, -0.2) is 22.2 Å². The van der Waals surface area contributed by atoms with Crippen LogP contribution in [0.4, 0.5) is 5.69 Å². The molecule has 0 saturated heterocycles. The van der Waals surface area contributed by atoms with Crippen LogP contribution >= 0.6 is 0 Å². The Morgan fingerprint density at radius 2 is 2.12 bits per heavy atom. The van der Waals surface area contributed by atoms with E-state index >= 15 is 0 Å². The molecular weight excluding hydrogens is 222 g/mol. The van der Waals surface area contributed by atoms with Crippen molar-refractivity contribution in [2.75, 3.05) is 0 Å². The third-order valence-corrected chi connectivity index (χ3v) is 2.62. The third-order valence-electron chi connectivity index (χ3n) is 2.62. The normalized spacial score (nSPS) is 14.1. The lowest BCUT2D eigenvalue weighted by molar-refractivity contribution is -0.386. The molecule has 0 aromatic heterocycles. The Hall–Kier alpha value is -1.62. The number of aliphatic hydroxyl groups is 1. The summed E-state index contributed by atoms with van der Waals surface area (Å²) in [5.74, 6) is 0.195. The molecule has 94 valence electrons. The standard InChI is InChI=1S/C12H17NO4/c1-4-10-5-6-12(11(7-10)13(15)16)17-9(3)8(2)14/h5-9,14H,4H2,1-3H3. The minimum Gasteiger partial charge on any atom is -0.481 e. The van der Waals surface area contributed by atoms with E-state index in [1.165, 1.54) is 6.07 Å². The van der Waals surface area contributed by atoms with Crippen molar-refractivity contribution in [2.45, 2.75) is 39.4 Å². The summed E-state index contributed by atoms with van der Waals surface area (Å²) in [6.07, 6.45) is -0.436. The molecular formula is C12H17NO4. The molecule has 1 aromatic rings. The van der Waals surface area contributed by atoms with Gasteiger partial charge in [-0.1, -0.05) is 13.0 Å². The van der Waals surface area contributed by atoms with Gasteiger partial charge in [0.2, 0.25) is 0 Å². The Morgan fingerprint density at radius 1 is 1.47 bits per heavy atom. The topological polar surface area (TPSA) is 72.6 Å². The van der Waals surface area contributed by atoms with Gasteiger partial charge in [-0.15, -0.1) is 0 Å². The summed E-state index contributed by atoms with van der Waals surface area (Å²) in [4.78, 5) is 10.4. The second kappa shape index (κ2) is 5.63. The molecule has 2 unspecified atom stereocenters. The Morgan fingerprint density at radius 3 is 2.59 bits per heavy atom. The quantitative estimate of drug-likeness (QED) is 0.632. The number of aryl methyl sites for hydroxylation is 1. The highest BCUT2D eigenvalue weighted by Crippen LogP contribution is 2.29. The van der Waals surface area contributed by atoms with Gasteiger partial charge in [-0.3, -0.25) is 10.1 Å². The first-order valence-corrected chi connectivity index (χ1v) is 5.57. The average Bonchev–Trinajstić information content (AvgIpc) is 2.29. The minimum absolute atomic E-state index is 0.0585. The fourth-order valence-electron chi connectivity index (χ4n) is 1.32. The molecule has 0 fully saturated rings. The number of rotatable bonds is 5. The highest BCUT2D eigenvalue weighted by Gasteiger charge is 2.19. The summed E-state index contributed by atoms with van der Waals surface area (Å²) < 4.78 is 5.38. The van der Waals surface area contributed by atoms with E-state index in [1.54, 1.807) is 26.0 Å². The van der Waals surface area contributed by atoms with Crippen molar-refractivity contribution in [3.8, 4) is 5.75 Å². The van der Waals surface area contributed by atoms with Gasteiger partial charge < -0.3 is 9.84 Å². The number of nitro benzene ring substituents is 1. The Balaban J connectivity index is 3.02. The minimum atomic E-state index is -0.680. The molecule has 2 atom stereocenters. The number of ether oxygens (including phenoxy) is 1. The summed E-state index contributed by atoms with van der Waals surface area (Å²) >= 11 is 0. The van der Waals surface area contributed by atoms with Gasteiger partial charge in [0.1, 0.15) is 6.10 Å². The maximum absolute atomic E-state index is 10.9. The van der Waals surface area contributed by atoms with Crippen molar-refractivity contribution in [1.29, 1.82) is 0 Å². The highest BCUT2D eigenvalue weighted by atomic mass is 16.6. The average molecular weight is 239 g/mol. The van der Waals surface area contributed by atoms with Crippen LogP contribution in [0.15, 0.2) is 18.2 Å². The monoisotopic (exact) mass is 239 g/mol. The molecule has 0 heterocycles. The lowest BCUT2D eigenvalue weighted by Crippen LogP contribution is -2.25. The summed E-state index contributed by atoms with van der Waals surface area (Å²) in [6.45, 7) is 5.18. The molecule has 0 aliphatic heterocycles. The number of nitro groups is 1. The Bertz CT molecular complexity index is 403. The zero-order valence-electron chi connectivity index (χ0n) is 10.2. The van der Waals surface area contributed by atoms with Crippen molar-refractivity contribution >= 4 is 5.69 Å². The molecule has 5 heteroatoms. The number of benzene rings is 1.